The van der Waals surface area contributed by atoms with Gasteiger partial charge in [0.05, 0.1) is 4.58 Å². The van der Waals surface area contributed by atoms with Gasteiger partial charge in [-0.2, -0.15) is 0 Å². The summed E-state index contributed by atoms with van der Waals surface area (Å²) in [6, 6.07) is 0. The van der Waals surface area contributed by atoms with E-state index < -0.39 is 0 Å². The molecule has 0 atom stereocenters. The van der Waals surface area contributed by atoms with Crippen LogP contribution in [0.25, 0.3) is 0 Å². The van der Waals surface area contributed by atoms with E-state index in [0.717, 1.165) is 22.0 Å². The Kier molecular flexibility index (Phi) is 7.56. The van der Waals surface area contributed by atoms with Crippen LogP contribution < -0.4 is 0 Å². The second-order valence-electron chi connectivity index (χ2n) is 3.25. The zero-order chi connectivity index (χ0) is 11.1. The average Bonchev–Trinajstić information content (AvgIpc) is 2.72. The highest BCUT2D eigenvalue weighted by atomic mass is 32.2. The first-order valence-corrected chi connectivity index (χ1v) is 8.92. The number of hydrogen-bond acceptors (Lipinski definition) is 4. The van der Waals surface area contributed by atoms with E-state index in [9.17, 15) is 0 Å². The highest BCUT2D eigenvalue weighted by Gasteiger charge is 2.16. The maximum absolute atomic E-state index is 5.39. The Morgan fingerprint density at radius 3 is 2.47 bits per heavy atom. The van der Waals surface area contributed by atoms with Gasteiger partial charge in [0.25, 0.3) is 0 Å². The van der Waals surface area contributed by atoms with Crippen molar-refractivity contribution in [3.8, 4) is 0 Å². The summed E-state index contributed by atoms with van der Waals surface area (Å²) in [6.45, 7) is 6.41. The molecule has 0 spiro atoms. The minimum atomic E-state index is 0.831. The first kappa shape index (κ1) is 14.0. The molecule has 0 amide bonds. The van der Waals surface area contributed by atoms with Crippen LogP contribution in [0.5, 0.6) is 0 Å². The molecule has 1 aliphatic rings. The van der Waals surface area contributed by atoms with Crippen LogP contribution in [0, 0.1) is 0 Å². The zero-order valence-corrected chi connectivity index (χ0v) is 12.7. The molecule has 1 nitrogen and oxygen atoms in total. The summed E-state index contributed by atoms with van der Waals surface area (Å²) in [7, 11) is 0. The van der Waals surface area contributed by atoms with Crippen molar-refractivity contribution in [2.75, 3.05) is 30.3 Å². The third-order valence-corrected chi connectivity index (χ3v) is 7.02. The van der Waals surface area contributed by atoms with Gasteiger partial charge in [0.1, 0.15) is 4.32 Å². The number of thioether (sulfide) groups is 3. The van der Waals surface area contributed by atoms with Gasteiger partial charge in [-0.1, -0.05) is 24.0 Å². The van der Waals surface area contributed by atoms with Gasteiger partial charge in [-0.25, -0.2) is 0 Å². The largest absolute Gasteiger partial charge is 0.358 e. The molecule has 0 N–H and O–H groups in total. The van der Waals surface area contributed by atoms with Crippen molar-refractivity contribution in [1.29, 1.82) is 0 Å². The maximum atomic E-state index is 5.39. The van der Waals surface area contributed by atoms with Crippen LogP contribution in [-0.2, 0) is 0 Å². The molecular formula is C10H19NS4. The topological polar surface area (TPSA) is 3.24 Å². The van der Waals surface area contributed by atoms with E-state index in [1.165, 1.54) is 23.7 Å². The van der Waals surface area contributed by atoms with Crippen molar-refractivity contribution < 1.29 is 0 Å². The van der Waals surface area contributed by atoms with Crippen LogP contribution in [0.15, 0.2) is 0 Å². The molecule has 1 saturated heterocycles. The van der Waals surface area contributed by atoms with E-state index in [1.54, 1.807) is 0 Å². The van der Waals surface area contributed by atoms with Gasteiger partial charge < -0.3 is 4.90 Å². The Morgan fingerprint density at radius 2 is 1.93 bits per heavy atom. The Labute approximate surface area is 112 Å². The zero-order valence-electron chi connectivity index (χ0n) is 9.40. The van der Waals surface area contributed by atoms with Crippen LogP contribution in [-0.4, -0.2) is 44.2 Å². The number of rotatable bonds is 5. The van der Waals surface area contributed by atoms with Crippen molar-refractivity contribution in [2.24, 2.45) is 0 Å². The molecule has 1 heterocycles. The van der Waals surface area contributed by atoms with E-state index >= 15 is 0 Å². The Morgan fingerprint density at radius 1 is 1.33 bits per heavy atom. The maximum Gasteiger partial charge on any atom is 0.136 e. The summed E-state index contributed by atoms with van der Waals surface area (Å²) in [5.74, 6) is 3.85. The first-order chi connectivity index (χ1) is 7.27. The summed E-state index contributed by atoms with van der Waals surface area (Å²) in [5, 5.41) is 0. The highest BCUT2D eigenvalue weighted by Crippen LogP contribution is 2.35. The van der Waals surface area contributed by atoms with Crippen LogP contribution in [0.4, 0.5) is 0 Å². The fourth-order valence-electron chi connectivity index (χ4n) is 1.39. The Bertz CT molecular complexity index is 188. The first-order valence-electron chi connectivity index (χ1n) is 5.42. The van der Waals surface area contributed by atoms with Crippen LogP contribution in [0.1, 0.15) is 20.3 Å². The number of nitrogens with zero attached hydrogens (tertiary/aromatic N) is 1. The molecule has 1 fully saturated rings. The van der Waals surface area contributed by atoms with Crippen LogP contribution >= 0.6 is 47.5 Å². The molecule has 0 aromatic rings. The summed E-state index contributed by atoms with van der Waals surface area (Å²) < 4.78 is 1.91. The second-order valence-corrected chi connectivity index (χ2v) is 7.89. The molecule has 0 aromatic carbocycles. The molecule has 0 bridgehead atoms. The van der Waals surface area contributed by atoms with Gasteiger partial charge in [0.2, 0.25) is 0 Å². The Balaban J connectivity index is 2.10. The van der Waals surface area contributed by atoms with E-state index in [0.29, 0.717) is 0 Å². The molecule has 5 heteroatoms. The minimum Gasteiger partial charge on any atom is -0.358 e. The van der Waals surface area contributed by atoms with Gasteiger partial charge in [-0.3, -0.25) is 0 Å². The minimum absolute atomic E-state index is 0.831. The Hall–Kier alpha value is 0.940. The van der Waals surface area contributed by atoms with Gasteiger partial charge in [0.15, 0.2) is 0 Å². The standard InChI is InChI=1S/C10H19NS4/c1-3-11(4-2)10(12)15-6-5-9-13-7-8-14-9/h9H,3-8H2,1-2H3. The lowest BCUT2D eigenvalue weighted by molar-refractivity contribution is 0.482. The quantitative estimate of drug-likeness (QED) is 0.707. The normalized spacial score (nSPS) is 16.9. The second kappa shape index (κ2) is 8.09. The molecule has 15 heavy (non-hydrogen) atoms. The lowest BCUT2D eigenvalue weighted by atomic mass is 10.6. The number of thiocarbonyl (C=S) groups is 1. The molecule has 0 radical (unpaired) electrons. The fourth-order valence-corrected chi connectivity index (χ4v) is 5.99. The van der Waals surface area contributed by atoms with Gasteiger partial charge in [-0.15, -0.1) is 23.5 Å². The predicted molar refractivity (Wildman–Crippen MR) is 81.3 cm³/mol. The lowest BCUT2D eigenvalue weighted by Gasteiger charge is -2.21. The molecule has 0 aliphatic carbocycles. The van der Waals surface area contributed by atoms with Crippen molar-refractivity contribution in [3.63, 3.8) is 0 Å². The van der Waals surface area contributed by atoms with Gasteiger partial charge in [-0.05, 0) is 20.3 Å². The molecule has 0 saturated carbocycles. The highest BCUT2D eigenvalue weighted by molar-refractivity contribution is 8.23. The monoisotopic (exact) mass is 281 g/mol. The molecule has 88 valence electrons. The van der Waals surface area contributed by atoms with Crippen molar-refractivity contribution >= 4 is 51.8 Å². The molecule has 0 aromatic heterocycles. The number of hydrogen-bond donors (Lipinski definition) is 0. The van der Waals surface area contributed by atoms with E-state index in [4.69, 9.17) is 12.2 Å². The molecule has 1 aliphatic heterocycles. The van der Waals surface area contributed by atoms with E-state index in [2.05, 4.69) is 42.3 Å². The van der Waals surface area contributed by atoms with Crippen molar-refractivity contribution in [2.45, 2.75) is 24.9 Å². The van der Waals surface area contributed by atoms with Crippen molar-refractivity contribution in [3.05, 3.63) is 0 Å². The van der Waals surface area contributed by atoms with E-state index in [-0.39, 0.29) is 0 Å². The average molecular weight is 282 g/mol. The van der Waals surface area contributed by atoms with Crippen molar-refractivity contribution in [1.82, 2.24) is 4.90 Å². The van der Waals surface area contributed by atoms with Gasteiger partial charge >= 0.3 is 0 Å². The van der Waals surface area contributed by atoms with E-state index in [1.807, 2.05) is 11.8 Å². The predicted octanol–water partition coefficient (Wildman–Crippen LogP) is 3.54. The van der Waals surface area contributed by atoms with Crippen LogP contribution in [0.2, 0.25) is 0 Å². The molecular weight excluding hydrogens is 262 g/mol. The molecule has 1 rings (SSSR count). The SMILES string of the molecule is CCN(CC)C(=S)SCCC1SCCS1. The van der Waals surface area contributed by atoms with Crippen LogP contribution in [0.3, 0.4) is 0 Å². The third-order valence-electron chi connectivity index (χ3n) is 2.29. The van der Waals surface area contributed by atoms with Gasteiger partial charge in [0, 0.05) is 30.3 Å². The fraction of sp³-hybridized carbons (Fsp3) is 0.900. The summed E-state index contributed by atoms with van der Waals surface area (Å²) in [4.78, 5) is 2.26. The summed E-state index contributed by atoms with van der Waals surface area (Å²) in [5.41, 5.74) is 0. The summed E-state index contributed by atoms with van der Waals surface area (Å²) in [6.07, 6.45) is 1.29. The lowest BCUT2D eigenvalue weighted by Crippen LogP contribution is -2.26. The smallest absolute Gasteiger partial charge is 0.136 e. The summed E-state index contributed by atoms with van der Waals surface area (Å²) >= 11 is 11.5. The third kappa shape index (κ3) is 5.20. The molecule has 0 unspecified atom stereocenters.